The fourth-order valence-electron chi connectivity index (χ4n) is 1.48. The Hall–Kier alpha value is -0.930. The standard InChI is InChI=1S/C11H13NOS/c1-2-3-10(13)8-6-11-9(12-7-8)4-5-14-11/h4-7,10,13H,2-3H2,1H3/t10-/m0/s1. The molecule has 3 heteroatoms. The van der Waals surface area contributed by atoms with E-state index in [0.29, 0.717) is 0 Å². The summed E-state index contributed by atoms with van der Waals surface area (Å²) in [6.45, 7) is 2.07. The molecule has 0 aromatic carbocycles. The van der Waals surface area contributed by atoms with E-state index in [0.717, 1.165) is 28.6 Å². The minimum Gasteiger partial charge on any atom is -0.388 e. The third-order valence-corrected chi connectivity index (χ3v) is 3.12. The van der Waals surface area contributed by atoms with E-state index < -0.39 is 0 Å². The Kier molecular flexibility index (Phi) is 2.79. The Morgan fingerprint density at radius 2 is 2.43 bits per heavy atom. The van der Waals surface area contributed by atoms with Crippen molar-refractivity contribution in [3.05, 3.63) is 29.3 Å². The van der Waals surface area contributed by atoms with Crippen molar-refractivity contribution < 1.29 is 5.11 Å². The second kappa shape index (κ2) is 4.07. The van der Waals surface area contributed by atoms with E-state index in [4.69, 9.17) is 0 Å². The maximum absolute atomic E-state index is 9.78. The normalized spacial score (nSPS) is 13.3. The van der Waals surface area contributed by atoms with Crippen LogP contribution in [-0.2, 0) is 0 Å². The van der Waals surface area contributed by atoms with Gasteiger partial charge in [-0.05, 0) is 23.9 Å². The van der Waals surface area contributed by atoms with Crippen molar-refractivity contribution in [2.24, 2.45) is 0 Å². The summed E-state index contributed by atoms with van der Waals surface area (Å²) in [6, 6.07) is 4.03. The number of fused-ring (bicyclic) bond motifs is 1. The first-order valence-corrected chi connectivity index (χ1v) is 5.70. The van der Waals surface area contributed by atoms with Gasteiger partial charge in [-0.2, -0.15) is 0 Å². The maximum Gasteiger partial charge on any atom is 0.0809 e. The van der Waals surface area contributed by atoms with Gasteiger partial charge in [0.05, 0.1) is 16.3 Å². The van der Waals surface area contributed by atoms with Crippen LogP contribution >= 0.6 is 11.3 Å². The molecule has 1 N–H and O–H groups in total. The first kappa shape index (κ1) is 9.62. The lowest BCUT2D eigenvalue weighted by Crippen LogP contribution is -1.96. The van der Waals surface area contributed by atoms with Gasteiger partial charge < -0.3 is 5.11 Å². The molecular formula is C11H13NOS. The van der Waals surface area contributed by atoms with Gasteiger partial charge >= 0.3 is 0 Å². The molecule has 2 nitrogen and oxygen atoms in total. The summed E-state index contributed by atoms with van der Waals surface area (Å²) >= 11 is 1.66. The van der Waals surface area contributed by atoms with Crippen LogP contribution in [0.2, 0.25) is 0 Å². The van der Waals surface area contributed by atoms with Crippen molar-refractivity contribution in [3.63, 3.8) is 0 Å². The second-order valence-corrected chi connectivity index (χ2v) is 4.32. The number of rotatable bonds is 3. The average molecular weight is 207 g/mol. The molecule has 2 rings (SSSR count). The number of hydrogen-bond donors (Lipinski definition) is 1. The molecule has 0 saturated carbocycles. The van der Waals surface area contributed by atoms with Crippen LogP contribution in [0.5, 0.6) is 0 Å². The van der Waals surface area contributed by atoms with Crippen LogP contribution in [0.15, 0.2) is 23.7 Å². The Labute approximate surface area is 87.2 Å². The van der Waals surface area contributed by atoms with E-state index in [-0.39, 0.29) is 6.10 Å². The van der Waals surface area contributed by atoms with Crippen LogP contribution in [0.4, 0.5) is 0 Å². The number of aliphatic hydroxyl groups is 1. The van der Waals surface area contributed by atoms with Crippen molar-refractivity contribution in [3.8, 4) is 0 Å². The first-order chi connectivity index (χ1) is 6.81. The third kappa shape index (κ3) is 1.79. The van der Waals surface area contributed by atoms with Crippen LogP contribution in [0.1, 0.15) is 31.4 Å². The predicted octanol–water partition coefficient (Wildman–Crippen LogP) is 3.13. The Morgan fingerprint density at radius 1 is 1.57 bits per heavy atom. The lowest BCUT2D eigenvalue weighted by Gasteiger charge is -2.08. The summed E-state index contributed by atoms with van der Waals surface area (Å²) < 4.78 is 1.15. The molecule has 0 fully saturated rings. The number of pyridine rings is 1. The van der Waals surface area contributed by atoms with Gasteiger partial charge in [-0.1, -0.05) is 13.3 Å². The highest BCUT2D eigenvalue weighted by Gasteiger charge is 2.07. The van der Waals surface area contributed by atoms with E-state index in [2.05, 4.69) is 11.9 Å². The minimum atomic E-state index is -0.362. The molecule has 2 aromatic heterocycles. The quantitative estimate of drug-likeness (QED) is 0.838. The summed E-state index contributed by atoms with van der Waals surface area (Å²) in [6.07, 6.45) is 3.21. The molecule has 0 aliphatic rings. The highest BCUT2D eigenvalue weighted by molar-refractivity contribution is 7.17. The fraction of sp³-hybridized carbons (Fsp3) is 0.364. The van der Waals surface area contributed by atoms with Crippen LogP contribution in [0.25, 0.3) is 10.2 Å². The first-order valence-electron chi connectivity index (χ1n) is 4.82. The molecular weight excluding hydrogens is 194 g/mol. The number of aromatic nitrogens is 1. The Balaban J connectivity index is 2.33. The van der Waals surface area contributed by atoms with Gasteiger partial charge in [-0.15, -0.1) is 11.3 Å². The summed E-state index contributed by atoms with van der Waals surface area (Å²) in [5, 5.41) is 11.8. The third-order valence-electron chi connectivity index (χ3n) is 2.27. The van der Waals surface area contributed by atoms with E-state index >= 15 is 0 Å². The molecule has 0 radical (unpaired) electrons. The Morgan fingerprint density at radius 3 is 3.21 bits per heavy atom. The summed E-state index contributed by atoms with van der Waals surface area (Å²) in [7, 11) is 0. The number of aliphatic hydroxyl groups excluding tert-OH is 1. The summed E-state index contributed by atoms with van der Waals surface area (Å²) in [5.74, 6) is 0. The van der Waals surface area contributed by atoms with E-state index in [1.54, 1.807) is 17.5 Å². The van der Waals surface area contributed by atoms with Crippen molar-refractivity contribution >= 4 is 21.6 Å². The van der Waals surface area contributed by atoms with Gasteiger partial charge in [0, 0.05) is 11.8 Å². The molecule has 0 saturated heterocycles. The predicted molar refractivity (Wildman–Crippen MR) is 59.5 cm³/mol. The van der Waals surface area contributed by atoms with Crippen LogP contribution in [-0.4, -0.2) is 10.1 Å². The van der Waals surface area contributed by atoms with Gasteiger partial charge in [0.15, 0.2) is 0 Å². The molecule has 0 aliphatic heterocycles. The van der Waals surface area contributed by atoms with Gasteiger partial charge in [-0.25, -0.2) is 0 Å². The van der Waals surface area contributed by atoms with Gasteiger partial charge in [0.1, 0.15) is 0 Å². The minimum absolute atomic E-state index is 0.362. The number of thiophene rings is 1. The zero-order valence-corrected chi connectivity index (χ0v) is 8.92. The molecule has 2 heterocycles. The average Bonchev–Trinajstić information content (AvgIpc) is 2.64. The summed E-state index contributed by atoms with van der Waals surface area (Å²) in [4.78, 5) is 4.29. The molecule has 0 unspecified atom stereocenters. The zero-order valence-electron chi connectivity index (χ0n) is 8.10. The van der Waals surface area contributed by atoms with Crippen LogP contribution in [0.3, 0.4) is 0 Å². The molecule has 14 heavy (non-hydrogen) atoms. The summed E-state index contributed by atoms with van der Waals surface area (Å²) in [5.41, 5.74) is 1.95. The molecule has 0 bridgehead atoms. The molecule has 2 aromatic rings. The Bertz CT molecular complexity index is 424. The van der Waals surface area contributed by atoms with Crippen molar-refractivity contribution in [2.45, 2.75) is 25.9 Å². The van der Waals surface area contributed by atoms with Crippen molar-refractivity contribution in [2.75, 3.05) is 0 Å². The van der Waals surface area contributed by atoms with Gasteiger partial charge in [0.2, 0.25) is 0 Å². The maximum atomic E-state index is 9.78. The number of nitrogens with zero attached hydrogens (tertiary/aromatic N) is 1. The van der Waals surface area contributed by atoms with Gasteiger partial charge in [-0.3, -0.25) is 4.98 Å². The second-order valence-electron chi connectivity index (χ2n) is 3.38. The van der Waals surface area contributed by atoms with Crippen LogP contribution in [0, 0.1) is 0 Å². The topological polar surface area (TPSA) is 33.1 Å². The lowest BCUT2D eigenvalue weighted by molar-refractivity contribution is 0.166. The molecule has 0 aliphatic carbocycles. The highest BCUT2D eigenvalue weighted by atomic mass is 32.1. The smallest absolute Gasteiger partial charge is 0.0809 e. The largest absolute Gasteiger partial charge is 0.388 e. The van der Waals surface area contributed by atoms with E-state index in [1.807, 2.05) is 17.5 Å². The molecule has 0 amide bonds. The van der Waals surface area contributed by atoms with E-state index in [9.17, 15) is 5.11 Å². The van der Waals surface area contributed by atoms with Crippen molar-refractivity contribution in [1.29, 1.82) is 0 Å². The fourth-order valence-corrected chi connectivity index (χ4v) is 2.27. The SMILES string of the molecule is CCC[C@H](O)c1cnc2ccsc2c1. The van der Waals surface area contributed by atoms with Crippen molar-refractivity contribution in [1.82, 2.24) is 4.98 Å². The van der Waals surface area contributed by atoms with Gasteiger partial charge in [0.25, 0.3) is 0 Å². The van der Waals surface area contributed by atoms with E-state index in [1.165, 1.54) is 0 Å². The van der Waals surface area contributed by atoms with Crippen LogP contribution < -0.4 is 0 Å². The molecule has 74 valence electrons. The zero-order chi connectivity index (χ0) is 9.97. The lowest BCUT2D eigenvalue weighted by atomic mass is 10.1. The molecule has 1 atom stereocenters. The molecule has 0 spiro atoms. The highest BCUT2D eigenvalue weighted by Crippen LogP contribution is 2.24. The monoisotopic (exact) mass is 207 g/mol. The number of hydrogen-bond acceptors (Lipinski definition) is 3.